The molecule has 0 N–H and O–H groups in total. The largest absolute Gasteiger partial charge is 0.463 e. The van der Waals surface area contributed by atoms with E-state index < -0.39 is 0 Å². The summed E-state index contributed by atoms with van der Waals surface area (Å²) in [6.45, 7) is 1.99. The van der Waals surface area contributed by atoms with Crippen LogP contribution in [0.1, 0.15) is 5.56 Å². The molecule has 20 heavy (non-hydrogen) atoms. The fourth-order valence-electron chi connectivity index (χ4n) is 2.05. The summed E-state index contributed by atoms with van der Waals surface area (Å²) in [6, 6.07) is 12.3. The van der Waals surface area contributed by atoms with Gasteiger partial charge in [-0.3, -0.25) is 9.88 Å². The lowest BCUT2D eigenvalue weighted by atomic mass is 10.2. The Morgan fingerprint density at radius 1 is 1.20 bits per heavy atom. The lowest BCUT2D eigenvalue weighted by Gasteiger charge is -2.23. The number of nitrogens with zero attached hydrogens (tertiary/aromatic N) is 3. The Hall–Kier alpha value is -2.07. The van der Waals surface area contributed by atoms with Gasteiger partial charge < -0.3 is 4.74 Å². The number of hydrogen-bond acceptors (Lipinski definition) is 4. The number of amidine groups is 1. The molecule has 4 nitrogen and oxygen atoms in total. The molecule has 3 rings (SSSR count). The highest BCUT2D eigenvalue weighted by Gasteiger charge is 2.19. The van der Waals surface area contributed by atoms with Gasteiger partial charge in [0.25, 0.3) is 6.02 Å². The van der Waals surface area contributed by atoms with Crippen LogP contribution in [0.4, 0.5) is 5.69 Å². The number of aromatic nitrogens is 1. The third-order valence-electron chi connectivity index (χ3n) is 3.00. The van der Waals surface area contributed by atoms with E-state index in [-0.39, 0.29) is 0 Å². The molecule has 0 radical (unpaired) electrons. The van der Waals surface area contributed by atoms with Gasteiger partial charge in [0, 0.05) is 23.1 Å². The second kappa shape index (κ2) is 5.92. The van der Waals surface area contributed by atoms with E-state index in [2.05, 4.69) is 9.98 Å². The quantitative estimate of drug-likeness (QED) is 0.870. The number of pyridine rings is 1. The van der Waals surface area contributed by atoms with Gasteiger partial charge in [-0.05, 0) is 35.9 Å². The first-order chi connectivity index (χ1) is 9.83. The van der Waals surface area contributed by atoms with Crippen LogP contribution < -0.4 is 4.90 Å². The fourth-order valence-corrected chi connectivity index (χ4v) is 2.18. The number of aliphatic imine (C=N–C) groups is 1. The summed E-state index contributed by atoms with van der Waals surface area (Å²) in [6.07, 6.45) is 3.61. The molecule has 0 unspecified atom stereocenters. The number of hydrogen-bond donors (Lipinski definition) is 0. The molecule has 1 aliphatic heterocycles. The van der Waals surface area contributed by atoms with Crippen molar-refractivity contribution in [3.8, 4) is 0 Å². The SMILES string of the molecule is Clc1ccc(N(Cc2cccnc2)C2=NCCO2)cc1. The molecule has 0 aliphatic carbocycles. The van der Waals surface area contributed by atoms with Crippen LogP contribution in [0.15, 0.2) is 53.8 Å². The van der Waals surface area contributed by atoms with Gasteiger partial charge in [0.15, 0.2) is 0 Å². The van der Waals surface area contributed by atoms with Crippen LogP contribution in [0, 0.1) is 0 Å². The molecule has 0 amide bonds. The zero-order chi connectivity index (χ0) is 13.8. The maximum Gasteiger partial charge on any atom is 0.292 e. The van der Waals surface area contributed by atoms with Gasteiger partial charge in [0.1, 0.15) is 6.61 Å². The van der Waals surface area contributed by atoms with E-state index >= 15 is 0 Å². The van der Waals surface area contributed by atoms with Crippen LogP contribution in [0.5, 0.6) is 0 Å². The van der Waals surface area contributed by atoms with Crippen LogP contribution in [0.25, 0.3) is 0 Å². The monoisotopic (exact) mass is 287 g/mol. The molecule has 1 aromatic heterocycles. The minimum Gasteiger partial charge on any atom is -0.463 e. The second-order valence-electron chi connectivity index (χ2n) is 4.44. The zero-order valence-electron chi connectivity index (χ0n) is 10.9. The van der Waals surface area contributed by atoms with Crippen molar-refractivity contribution in [2.75, 3.05) is 18.1 Å². The lowest BCUT2D eigenvalue weighted by molar-refractivity contribution is 0.338. The number of anilines is 1. The predicted octanol–water partition coefficient (Wildman–Crippen LogP) is 3.13. The average molecular weight is 288 g/mol. The first-order valence-corrected chi connectivity index (χ1v) is 6.80. The van der Waals surface area contributed by atoms with Gasteiger partial charge in [0.05, 0.1) is 13.1 Å². The molecule has 1 aromatic carbocycles. The van der Waals surface area contributed by atoms with E-state index in [4.69, 9.17) is 16.3 Å². The topological polar surface area (TPSA) is 37.7 Å². The summed E-state index contributed by atoms with van der Waals surface area (Å²) >= 11 is 5.95. The Morgan fingerprint density at radius 3 is 2.70 bits per heavy atom. The van der Waals surface area contributed by atoms with E-state index in [0.29, 0.717) is 30.7 Å². The van der Waals surface area contributed by atoms with Crippen LogP contribution in [0.3, 0.4) is 0 Å². The summed E-state index contributed by atoms with van der Waals surface area (Å²) in [7, 11) is 0. The highest BCUT2D eigenvalue weighted by atomic mass is 35.5. The van der Waals surface area contributed by atoms with Crippen LogP contribution in [-0.4, -0.2) is 24.2 Å². The molecular formula is C15H14ClN3O. The van der Waals surface area contributed by atoms with E-state index in [1.165, 1.54) is 0 Å². The summed E-state index contributed by atoms with van der Waals surface area (Å²) in [5, 5.41) is 0.712. The van der Waals surface area contributed by atoms with Crippen molar-refractivity contribution >= 4 is 23.3 Å². The van der Waals surface area contributed by atoms with Crippen molar-refractivity contribution in [1.29, 1.82) is 0 Å². The molecule has 0 saturated carbocycles. The average Bonchev–Trinajstić information content (AvgIpc) is 3.01. The Balaban J connectivity index is 1.89. The minimum atomic E-state index is 0.631. The molecule has 1 aliphatic rings. The molecule has 0 atom stereocenters. The standard InChI is InChI=1S/C15H14ClN3O/c16-13-3-5-14(6-4-13)19(15-18-8-9-20-15)11-12-2-1-7-17-10-12/h1-7,10H,8-9,11H2. The van der Waals surface area contributed by atoms with Gasteiger partial charge >= 0.3 is 0 Å². The van der Waals surface area contributed by atoms with Crippen molar-refractivity contribution in [1.82, 2.24) is 4.98 Å². The van der Waals surface area contributed by atoms with E-state index in [9.17, 15) is 0 Å². The Morgan fingerprint density at radius 2 is 2.05 bits per heavy atom. The van der Waals surface area contributed by atoms with Crippen LogP contribution >= 0.6 is 11.6 Å². The summed E-state index contributed by atoms with van der Waals surface area (Å²) in [5.74, 6) is 0. The van der Waals surface area contributed by atoms with Gasteiger partial charge in [-0.15, -0.1) is 0 Å². The normalized spacial score (nSPS) is 13.8. The molecule has 102 valence electrons. The molecule has 0 saturated heterocycles. The van der Waals surface area contributed by atoms with E-state index in [1.54, 1.807) is 6.20 Å². The third kappa shape index (κ3) is 2.91. The lowest BCUT2D eigenvalue weighted by Crippen LogP contribution is -2.30. The van der Waals surface area contributed by atoms with Crippen molar-refractivity contribution in [3.05, 3.63) is 59.4 Å². The summed E-state index contributed by atoms with van der Waals surface area (Å²) in [5.41, 5.74) is 2.10. The molecule has 0 bridgehead atoms. The number of rotatable bonds is 3. The molecule has 2 aromatic rings. The van der Waals surface area contributed by atoms with Crippen LogP contribution in [-0.2, 0) is 11.3 Å². The zero-order valence-corrected chi connectivity index (χ0v) is 11.6. The predicted molar refractivity (Wildman–Crippen MR) is 80.1 cm³/mol. The van der Waals surface area contributed by atoms with Gasteiger partial charge in [0.2, 0.25) is 0 Å². The smallest absolute Gasteiger partial charge is 0.292 e. The van der Waals surface area contributed by atoms with E-state index in [0.717, 1.165) is 11.3 Å². The summed E-state index contributed by atoms with van der Waals surface area (Å²) in [4.78, 5) is 10.6. The van der Waals surface area contributed by atoms with Crippen molar-refractivity contribution in [3.63, 3.8) is 0 Å². The highest BCUT2D eigenvalue weighted by Crippen LogP contribution is 2.22. The number of ether oxygens (including phenoxy) is 1. The highest BCUT2D eigenvalue weighted by molar-refractivity contribution is 6.30. The Labute approximate surface area is 122 Å². The van der Waals surface area contributed by atoms with Crippen molar-refractivity contribution in [2.45, 2.75) is 6.54 Å². The summed E-state index contributed by atoms with van der Waals surface area (Å²) < 4.78 is 5.59. The molecular weight excluding hydrogens is 274 g/mol. The van der Waals surface area contributed by atoms with E-state index in [1.807, 2.05) is 47.5 Å². The van der Waals surface area contributed by atoms with Gasteiger partial charge in [-0.2, -0.15) is 0 Å². The maximum atomic E-state index is 5.95. The maximum absolute atomic E-state index is 5.95. The molecule has 2 heterocycles. The van der Waals surface area contributed by atoms with Gasteiger partial charge in [-0.25, -0.2) is 4.99 Å². The van der Waals surface area contributed by atoms with Crippen molar-refractivity contribution < 1.29 is 4.74 Å². The molecule has 5 heteroatoms. The number of benzene rings is 1. The first-order valence-electron chi connectivity index (χ1n) is 6.42. The Kier molecular flexibility index (Phi) is 3.83. The minimum absolute atomic E-state index is 0.631. The van der Waals surface area contributed by atoms with Crippen molar-refractivity contribution in [2.24, 2.45) is 4.99 Å². The Bertz CT molecular complexity index is 598. The number of halogens is 1. The third-order valence-corrected chi connectivity index (χ3v) is 3.25. The van der Waals surface area contributed by atoms with Crippen LogP contribution in [0.2, 0.25) is 5.02 Å². The molecule has 0 spiro atoms. The second-order valence-corrected chi connectivity index (χ2v) is 4.87. The first kappa shape index (κ1) is 12.9. The fraction of sp³-hybridized carbons (Fsp3) is 0.200. The van der Waals surface area contributed by atoms with Gasteiger partial charge in [-0.1, -0.05) is 17.7 Å². The molecule has 0 fully saturated rings.